The van der Waals surface area contributed by atoms with E-state index in [2.05, 4.69) is 10.2 Å². The predicted molar refractivity (Wildman–Crippen MR) is 82.5 cm³/mol. The highest BCUT2D eigenvalue weighted by atomic mass is 16.4. The molecule has 2 fully saturated rings. The molecule has 0 bridgehead atoms. The van der Waals surface area contributed by atoms with Crippen molar-refractivity contribution in [2.24, 2.45) is 5.92 Å². The predicted octanol–water partition coefficient (Wildman–Crippen LogP) is 3.23. The van der Waals surface area contributed by atoms with Crippen molar-refractivity contribution >= 4 is 5.91 Å². The zero-order valence-corrected chi connectivity index (χ0v) is 13.1. The lowest BCUT2D eigenvalue weighted by atomic mass is 9.95. The Hall–Kier alpha value is -2.11. The van der Waals surface area contributed by atoms with Crippen LogP contribution in [0.3, 0.4) is 0 Å². The summed E-state index contributed by atoms with van der Waals surface area (Å²) >= 11 is 0. The molecule has 6 nitrogen and oxygen atoms in total. The molecule has 4 rings (SSSR count). The van der Waals surface area contributed by atoms with Crippen LogP contribution >= 0.6 is 0 Å². The SMILES string of the molecule is O=C(C1CCCC1)N1CCC(c2nnc(-c3ccco3)o2)CC1. The van der Waals surface area contributed by atoms with Crippen LogP contribution < -0.4 is 0 Å². The molecule has 1 aliphatic heterocycles. The topological polar surface area (TPSA) is 72.4 Å². The molecule has 2 aromatic rings. The molecule has 0 radical (unpaired) electrons. The Morgan fingerprint density at radius 2 is 1.91 bits per heavy atom. The molecule has 0 unspecified atom stereocenters. The standard InChI is InChI=1S/C17H21N3O3/c21-17(13-4-1-2-5-13)20-9-7-12(8-10-20)15-18-19-16(23-15)14-6-3-11-22-14/h3,6,11-13H,1-2,4-5,7-10H2. The van der Waals surface area contributed by atoms with Gasteiger partial charge in [-0.1, -0.05) is 12.8 Å². The Morgan fingerprint density at radius 1 is 1.13 bits per heavy atom. The maximum Gasteiger partial charge on any atom is 0.283 e. The number of furan rings is 1. The maximum absolute atomic E-state index is 12.5. The Balaban J connectivity index is 1.37. The summed E-state index contributed by atoms with van der Waals surface area (Å²) in [7, 11) is 0. The van der Waals surface area contributed by atoms with E-state index in [4.69, 9.17) is 8.83 Å². The lowest BCUT2D eigenvalue weighted by Crippen LogP contribution is -2.40. The largest absolute Gasteiger partial charge is 0.459 e. The van der Waals surface area contributed by atoms with Gasteiger partial charge in [-0.3, -0.25) is 4.79 Å². The van der Waals surface area contributed by atoms with Crippen LogP contribution in [-0.2, 0) is 4.79 Å². The van der Waals surface area contributed by atoms with Crippen molar-refractivity contribution in [3.8, 4) is 11.7 Å². The number of rotatable bonds is 3. The molecule has 0 spiro atoms. The summed E-state index contributed by atoms with van der Waals surface area (Å²) in [6, 6.07) is 3.60. The van der Waals surface area contributed by atoms with Gasteiger partial charge in [0.25, 0.3) is 5.89 Å². The molecule has 23 heavy (non-hydrogen) atoms. The number of carbonyl (C=O) groups excluding carboxylic acids is 1. The minimum atomic E-state index is 0.235. The number of carbonyl (C=O) groups is 1. The number of likely N-dealkylation sites (tertiary alicyclic amines) is 1. The first kappa shape index (κ1) is 14.5. The zero-order valence-electron chi connectivity index (χ0n) is 13.1. The van der Waals surface area contributed by atoms with Gasteiger partial charge in [0.2, 0.25) is 11.8 Å². The minimum absolute atomic E-state index is 0.235. The first-order valence-corrected chi connectivity index (χ1v) is 8.47. The fraction of sp³-hybridized carbons (Fsp3) is 0.588. The molecule has 6 heteroatoms. The van der Waals surface area contributed by atoms with Gasteiger partial charge in [0.1, 0.15) is 0 Å². The highest BCUT2D eigenvalue weighted by molar-refractivity contribution is 5.79. The van der Waals surface area contributed by atoms with Gasteiger partial charge < -0.3 is 13.7 Å². The smallest absolute Gasteiger partial charge is 0.283 e. The van der Waals surface area contributed by atoms with E-state index in [1.165, 1.54) is 12.8 Å². The number of piperidine rings is 1. The lowest BCUT2D eigenvalue weighted by Gasteiger charge is -2.32. The molecule has 1 saturated carbocycles. The van der Waals surface area contributed by atoms with Crippen molar-refractivity contribution in [3.05, 3.63) is 24.3 Å². The molecule has 0 atom stereocenters. The molecule has 1 aliphatic carbocycles. The molecular weight excluding hydrogens is 294 g/mol. The van der Waals surface area contributed by atoms with Crippen molar-refractivity contribution in [1.29, 1.82) is 0 Å². The number of aromatic nitrogens is 2. The van der Waals surface area contributed by atoms with Crippen LogP contribution in [-0.4, -0.2) is 34.1 Å². The molecule has 1 amide bonds. The third kappa shape index (κ3) is 2.90. The van der Waals surface area contributed by atoms with Crippen LogP contribution in [0.2, 0.25) is 0 Å². The summed E-state index contributed by atoms with van der Waals surface area (Å²) in [6.45, 7) is 1.58. The Morgan fingerprint density at radius 3 is 2.61 bits per heavy atom. The monoisotopic (exact) mass is 315 g/mol. The van der Waals surface area contributed by atoms with Crippen molar-refractivity contribution in [1.82, 2.24) is 15.1 Å². The highest BCUT2D eigenvalue weighted by Gasteiger charge is 2.32. The van der Waals surface area contributed by atoms with E-state index in [1.54, 1.807) is 18.4 Å². The van der Waals surface area contributed by atoms with E-state index >= 15 is 0 Å². The fourth-order valence-corrected chi connectivity index (χ4v) is 3.68. The van der Waals surface area contributed by atoms with Gasteiger partial charge in [0.05, 0.1) is 6.26 Å². The quantitative estimate of drug-likeness (QED) is 0.869. The summed E-state index contributed by atoms with van der Waals surface area (Å²) in [5.74, 6) is 2.53. The zero-order chi connectivity index (χ0) is 15.6. The molecule has 2 aromatic heterocycles. The first-order chi connectivity index (χ1) is 11.3. The summed E-state index contributed by atoms with van der Waals surface area (Å²) < 4.78 is 11.0. The van der Waals surface area contributed by atoms with Crippen LogP contribution in [0.15, 0.2) is 27.2 Å². The van der Waals surface area contributed by atoms with Crippen molar-refractivity contribution in [2.75, 3.05) is 13.1 Å². The third-order valence-electron chi connectivity index (χ3n) is 5.03. The molecule has 2 aliphatic rings. The minimum Gasteiger partial charge on any atom is -0.459 e. The summed E-state index contributed by atoms with van der Waals surface area (Å²) in [5.41, 5.74) is 0. The average molecular weight is 315 g/mol. The van der Waals surface area contributed by atoms with Crippen LogP contribution in [0.4, 0.5) is 0 Å². The second kappa shape index (κ2) is 6.18. The normalized spacial score (nSPS) is 20.3. The maximum atomic E-state index is 12.5. The molecular formula is C17H21N3O3. The van der Waals surface area contributed by atoms with E-state index in [1.807, 2.05) is 4.90 Å². The van der Waals surface area contributed by atoms with E-state index in [0.717, 1.165) is 38.8 Å². The van der Waals surface area contributed by atoms with Crippen LogP contribution in [0.5, 0.6) is 0 Å². The van der Waals surface area contributed by atoms with Crippen LogP contribution in [0.1, 0.15) is 50.3 Å². The van der Waals surface area contributed by atoms with Crippen LogP contribution in [0, 0.1) is 5.92 Å². The first-order valence-electron chi connectivity index (χ1n) is 8.47. The molecule has 122 valence electrons. The molecule has 1 saturated heterocycles. The van der Waals surface area contributed by atoms with Gasteiger partial charge in [0.15, 0.2) is 5.76 Å². The summed E-state index contributed by atoms with van der Waals surface area (Å²) in [6.07, 6.45) is 7.89. The molecule has 0 aromatic carbocycles. The van der Waals surface area contributed by atoms with Crippen molar-refractivity contribution in [2.45, 2.75) is 44.4 Å². The van der Waals surface area contributed by atoms with E-state index in [0.29, 0.717) is 23.4 Å². The summed E-state index contributed by atoms with van der Waals surface area (Å²) in [4.78, 5) is 14.5. The molecule has 3 heterocycles. The van der Waals surface area contributed by atoms with Gasteiger partial charge in [-0.25, -0.2) is 0 Å². The number of hydrogen-bond donors (Lipinski definition) is 0. The fourth-order valence-electron chi connectivity index (χ4n) is 3.68. The Labute approximate surface area is 134 Å². The Kier molecular flexibility index (Phi) is 3.89. The van der Waals surface area contributed by atoms with Crippen LogP contribution in [0.25, 0.3) is 11.7 Å². The van der Waals surface area contributed by atoms with E-state index in [9.17, 15) is 4.79 Å². The van der Waals surface area contributed by atoms with Gasteiger partial charge in [-0.05, 0) is 37.8 Å². The number of amides is 1. The lowest BCUT2D eigenvalue weighted by molar-refractivity contribution is -0.136. The average Bonchev–Trinajstić information content (AvgIpc) is 3.36. The highest BCUT2D eigenvalue weighted by Crippen LogP contribution is 2.32. The van der Waals surface area contributed by atoms with Gasteiger partial charge in [-0.2, -0.15) is 0 Å². The van der Waals surface area contributed by atoms with Gasteiger partial charge in [0, 0.05) is 24.9 Å². The summed E-state index contributed by atoms with van der Waals surface area (Å²) in [5, 5.41) is 8.22. The van der Waals surface area contributed by atoms with Crippen molar-refractivity contribution < 1.29 is 13.6 Å². The van der Waals surface area contributed by atoms with E-state index in [-0.39, 0.29) is 11.8 Å². The van der Waals surface area contributed by atoms with Gasteiger partial charge in [-0.15, -0.1) is 10.2 Å². The second-order valence-corrected chi connectivity index (χ2v) is 6.50. The third-order valence-corrected chi connectivity index (χ3v) is 5.03. The number of nitrogens with zero attached hydrogens (tertiary/aromatic N) is 3. The second-order valence-electron chi connectivity index (χ2n) is 6.50. The number of hydrogen-bond acceptors (Lipinski definition) is 5. The van der Waals surface area contributed by atoms with Gasteiger partial charge >= 0.3 is 0 Å². The Bertz CT molecular complexity index is 650. The van der Waals surface area contributed by atoms with E-state index < -0.39 is 0 Å². The molecule has 0 N–H and O–H groups in total. The van der Waals surface area contributed by atoms with Crippen molar-refractivity contribution in [3.63, 3.8) is 0 Å².